The molecule has 1 heterocycles. The second kappa shape index (κ2) is 11.4. The van der Waals surface area contributed by atoms with E-state index in [1.54, 1.807) is 19.3 Å². The van der Waals surface area contributed by atoms with Gasteiger partial charge in [-0.25, -0.2) is 0 Å². The Morgan fingerprint density at radius 2 is 1.78 bits per heavy atom. The Bertz CT molecular complexity index is 1240. The molecule has 0 aliphatic carbocycles. The summed E-state index contributed by atoms with van der Waals surface area (Å²) in [5, 5.41) is 10.2. The zero-order chi connectivity index (χ0) is 25.7. The normalized spacial score (nSPS) is 14.5. The average Bonchev–Trinajstić information content (AvgIpc) is 2.88. The van der Waals surface area contributed by atoms with Gasteiger partial charge in [0, 0.05) is 55.1 Å². The van der Waals surface area contributed by atoms with Gasteiger partial charge in [-0.3, -0.25) is 4.79 Å². The molecule has 1 saturated heterocycles. The third-order valence-electron chi connectivity index (χ3n) is 6.54. The Kier molecular flexibility index (Phi) is 8.08. The molecule has 1 N–H and O–H groups in total. The number of nitrogens with zero attached hydrogens (tertiary/aromatic N) is 3. The standard InChI is InChI=1S/C30H35N3O3/c1-31(2)21-24-19-22(9-13-28(24)34)10-14-29(35)26-12-11-23(25-7-5-6-8-30(25)36-4)20-27(26)33-17-15-32(3)16-18-33/h5-14,19-20,34H,15-18,21H2,1-4H3/b14-10+. The van der Waals surface area contributed by atoms with Crippen LogP contribution < -0.4 is 9.64 Å². The highest BCUT2D eigenvalue weighted by molar-refractivity contribution is 6.11. The predicted octanol–water partition coefficient (Wildman–Crippen LogP) is 4.78. The van der Waals surface area contributed by atoms with Crippen molar-refractivity contribution in [2.45, 2.75) is 6.54 Å². The SMILES string of the molecule is COc1ccccc1-c1ccc(C(=O)/C=C/c2ccc(O)c(CN(C)C)c2)c(N2CCN(C)CC2)c1. The van der Waals surface area contributed by atoms with Gasteiger partial charge in [0.25, 0.3) is 0 Å². The van der Waals surface area contributed by atoms with Gasteiger partial charge in [-0.05, 0) is 68.7 Å². The fourth-order valence-corrected chi connectivity index (χ4v) is 4.54. The number of piperazine rings is 1. The number of methoxy groups -OCH3 is 1. The number of hydrogen-bond acceptors (Lipinski definition) is 6. The number of likely N-dealkylation sites (N-methyl/N-ethyl adjacent to an activating group) is 1. The van der Waals surface area contributed by atoms with Gasteiger partial charge >= 0.3 is 0 Å². The van der Waals surface area contributed by atoms with E-state index in [1.807, 2.05) is 73.6 Å². The van der Waals surface area contributed by atoms with Crippen LogP contribution in [0.5, 0.6) is 11.5 Å². The van der Waals surface area contributed by atoms with Gasteiger partial charge in [-0.15, -0.1) is 0 Å². The second-order valence-corrected chi connectivity index (χ2v) is 9.55. The number of phenols is 1. The van der Waals surface area contributed by atoms with Gasteiger partial charge in [0.1, 0.15) is 11.5 Å². The van der Waals surface area contributed by atoms with E-state index < -0.39 is 0 Å². The molecule has 3 aromatic rings. The monoisotopic (exact) mass is 485 g/mol. The molecule has 0 unspecified atom stereocenters. The van der Waals surface area contributed by atoms with Crippen molar-refractivity contribution >= 4 is 17.5 Å². The molecule has 188 valence electrons. The number of rotatable bonds is 8. The van der Waals surface area contributed by atoms with Crippen molar-refractivity contribution in [1.82, 2.24) is 9.80 Å². The summed E-state index contributed by atoms with van der Waals surface area (Å²) >= 11 is 0. The Labute approximate surface area is 214 Å². The molecule has 0 bridgehead atoms. The molecule has 0 atom stereocenters. The fourth-order valence-electron chi connectivity index (χ4n) is 4.54. The summed E-state index contributed by atoms with van der Waals surface area (Å²) in [4.78, 5) is 20.0. The Morgan fingerprint density at radius 3 is 2.50 bits per heavy atom. The van der Waals surface area contributed by atoms with Crippen molar-refractivity contribution in [2.75, 3.05) is 59.3 Å². The van der Waals surface area contributed by atoms with Gasteiger partial charge in [-0.2, -0.15) is 0 Å². The minimum Gasteiger partial charge on any atom is -0.508 e. The average molecular weight is 486 g/mol. The highest BCUT2D eigenvalue weighted by Crippen LogP contribution is 2.34. The second-order valence-electron chi connectivity index (χ2n) is 9.55. The van der Waals surface area contributed by atoms with Crippen LogP contribution in [0.1, 0.15) is 21.5 Å². The first-order valence-corrected chi connectivity index (χ1v) is 12.3. The van der Waals surface area contributed by atoms with Crippen LogP contribution in [0, 0.1) is 0 Å². The molecule has 1 aliphatic rings. The van der Waals surface area contributed by atoms with E-state index in [-0.39, 0.29) is 11.5 Å². The number of benzene rings is 3. The number of para-hydroxylation sites is 1. The summed E-state index contributed by atoms with van der Waals surface area (Å²) in [6, 6.07) is 19.4. The lowest BCUT2D eigenvalue weighted by molar-refractivity contribution is 0.104. The summed E-state index contributed by atoms with van der Waals surface area (Å²) in [5.41, 5.74) is 5.36. The number of carbonyl (C=O) groups is 1. The van der Waals surface area contributed by atoms with Crippen molar-refractivity contribution in [3.8, 4) is 22.6 Å². The number of anilines is 1. The molecule has 0 aromatic heterocycles. The fraction of sp³-hybridized carbons (Fsp3) is 0.300. The van der Waals surface area contributed by atoms with Gasteiger partial charge in [0.05, 0.1) is 7.11 Å². The number of phenolic OH excluding ortho intramolecular Hbond substituents is 1. The minimum atomic E-state index is -0.0438. The van der Waals surface area contributed by atoms with E-state index in [2.05, 4.69) is 22.9 Å². The largest absolute Gasteiger partial charge is 0.508 e. The van der Waals surface area contributed by atoms with Crippen molar-refractivity contribution in [1.29, 1.82) is 0 Å². The molecule has 1 aliphatic heterocycles. The van der Waals surface area contributed by atoms with Crippen LogP contribution in [-0.4, -0.2) is 75.1 Å². The van der Waals surface area contributed by atoms with Crippen molar-refractivity contribution in [3.05, 3.63) is 83.4 Å². The van der Waals surface area contributed by atoms with E-state index in [1.165, 1.54) is 0 Å². The minimum absolute atomic E-state index is 0.0438. The van der Waals surface area contributed by atoms with Crippen LogP contribution >= 0.6 is 0 Å². The van der Waals surface area contributed by atoms with Gasteiger partial charge in [0.2, 0.25) is 0 Å². The maximum absolute atomic E-state index is 13.4. The topological polar surface area (TPSA) is 56.3 Å². The summed E-state index contributed by atoms with van der Waals surface area (Å²) in [6.45, 7) is 4.25. The molecule has 0 radical (unpaired) electrons. The Hall–Kier alpha value is -3.61. The number of allylic oxidation sites excluding steroid dienone is 1. The molecule has 4 rings (SSSR count). The molecular formula is C30H35N3O3. The van der Waals surface area contributed by atoms with E-state index in [0.29, 0.717) is 12.1 Å². The third kappa shape index (κ3) is 5.96. The number of carbonyl (C=O) groups excluding carboxylic acids is 1. The van der Waals surface area contributed by atoms with Crippen LogP contribution in [0.25, 0.3) is 17.2 Å². The first-order valence-electron chi connectivity index (χ1n) is 12.3. The maximum atomic E-state index is 13.4. The lowest BCUT2D eigenvalue weighted by atomic mass is 9.98. The van der Waals surface area contributed by atoms with E-state index in [4.69, 9.17) is 4.74 Å². The van der Waals surface area contributed by atoms with Gasteiger partial charge in [-0.1, -0.05) is 36.4 Å². The quantitative estimate of drug-likeness (QED) is 0.366. The molecule has 3 aromatic carbocycles. The number of ether oxygens (including phenoxy) is 1. The molecule has 36 heavy (non-hydrogen) atoms. The first-order chi connectivity index (χ1) is 17.4. The van der Waals surface area contributed by atoms with Crippen LogP contribution in [0.2, 0.25) is 0 Å². The van der Waals surface area contributed by atoms with Crippen molar-refractivity contribution in [2.24, 2.45) is 0 Å². The van der Waals surface area contributed by atoms with Crippen LogP contribution in [0.15, 0.2) is 66.7 Å². The summed E-state index contributed by atoms with van der Waals surface area (Å²) in [7, 11) is 7.72. The van der Waals surface area contributed by atoms with E-state index in [9.17, 15) is 9.90 Å². The lowest BCUT2D eigenvalue weighted by Gasteiger charge is -2.35. The predicted molar refractivity (Wildman–Crippen MR) is 147 cm³/mol. The summed E-state index contributed by atoms with van der Waals surface area (Å²) in [6.07, 6.45) is 3.45. The maximum Gasteiger partial charge on any atom is 0.187 e. The molecular weight excluding hydrogens is 450 g/mol. The number of aromatic hydroxyl groups is 1. The van der Waals surface area contributed by atoms with Gasteiger partial charge < -0.3 is 24.5 Å². The van der Waals surface area contributed by atoms with E-state index in [0.717, 1.165) is 59.9 Å². The van der Waals surface area contributed by atoms with Crippen LogP contribution in [0.3, 0.4) is 0 Å². The molecule has 0 saturated carbocycles. The third-order valence-corrected chi connectivity index (χ3v) is 6.54. The van der Waals surface area contributed by atoms with Crippen LogP contribution in [0.4, 0.5) is 5.69 Å². The van der Waals surface area contributed by atoms with Gasteiger partial charge in [0.15, 0.2) is 5.78 Å². The van der Waals surface area contributed by atoms with E-state index >= 15 is 0 Å². The Balaban J connectivity index is 1.67. The molecule has 0 amide bonds. The zero-order valence-electron chi connectivity index (χ0n) is 21.6. The highest BCUT2D eigenvalue weighted by Gasteiger charge is 2.21. The van der Waals surface area contributed by atoms with Crippen molar-refractivity contribution in [3.63, 3.8) is 0 Å². The first kappa shape index (κ1) is 25.5. The van der Waals surface area contributed by atoms with Crippen LogP contribution in [-0.2, 0) is 6.54 Å². The summed E-state index contributed by atoms with van der Waals surface area (Å²) in [5.74, 6) is 1.02. The number of hydrogen-bond donors (Lipinski definition) is 1. The van der Waals surface area contributed by atoms with Crippen molar-refractivity contribution < 1.29 is 14.6 Å². The molecule has 6 nitrogen and oxygen atoms in total. The molecule has 0 spiro atoms. The molecule has 1 fully saturated rings. The summed E-state index contributed by atoms with van der Waals surface area (Å²) < 4.78 is 5.59. The smallest absolute Gasteiger partial charge is 0.187 e. The Morgan fingerprint density at radius 1 is 1.03 bits per heavy atom. The zero-order valence-corrected chi connectivity index (χ0v) is 21.6. The molecule has 6 heteroatoms. The lowest BCUT2D eigenvalue weighted by Crippen LogP contribution is -2.45. The number of ketones is 1. The highest BCUT2D eigenvalue weighted by atomic mass is 16.5.